The number of carbonyl (C=O) groups excluding carboxylic acids is 2. The monoisotopic (exact) mass is 337 g/mol. The Morgan fingerprint density at radius 1 is 1.13 bits per heavy atom. The Kier molecular flexibility index (Phi) is 3.89. The molecular formula is C15H19N3O4S. The van der Waals surface area contributed by atoms with E-state index in [1.807, 2.05) is 30.3 Å². The van der Waals surface area contributed by atoms with Gasteiger partial charge in [0.25, 0.3) is 5.91 Å². The van der Waals surface area contributed by atoms with Gasteiger partial charge >= 0.3 is 6.03 Å². The summed E-state index contributed by atoms with van der Waals surface area (Å²) in [4.78, 5) is 28.0. The van der Waals surface area contributed by atoms with Gasteiger partial charge in [0.1, 0.15) is 6.04 Å². The fourth-order valence-electron chi connectivity index (χ4n) is 3.13. The minimum atomic E-state index is -3.37. The summed E-state index contributed by atoms with van der Waals surface area (Å²) in [5.41, 5.74) is 0.869. The number of sulfonamides is 1. The standard InChI is InChI=1S/C15H19N3O4S/c1-11(12-6-4-3-5-7-12)18-14(19)13-10-16(23(2,21)22)8-9-17(13)15(18)20/h3-7,11,13H,8-10H2,1-2H3/t11-,13-/m1/s1. The zero-order chi connectivity index (χ0) is 16.8. The third-order valence-electron chi connectivity index (χ3n) is 4.46. The molecule has 124 valence electrons. The molecule has 0 aliphatic carbocycles. The molecule has 3 rings (SSSR count). The molecule has 2 saturated heterocycles. The van der Waals surface area contributed by atoms with Crippen molar-refractivity contribution in [2.45, 2.75) is 19.0 Å². The van der Waals surface area contributed by atoms with Crippen molar-refractivity contribution in [3.63, 3.8) is 0 Å². The molecule has 0 spiro atoms. The number of amides is 3. The summed E-state index contributed by atoms with van der Waals surface area (Å²) in [7, 11) is -3.37. The van der Waals surface area contributed by atoms with Crippen LogP contribution < -0.4 is 0 Å². The second-order valence-corrected chi connectivity index (χ2v) is 7.89. The zero-order valence-electron chi connectivity index (χ0n) is 13.0. The smallest absolute Gasteiger partial charge is 0.310 e. The molecule has 0 aromatic heterocycles. The number of imide groups is 1. The highest BCUT2D eigenvalue weighted by atomic mass is 32.2. The number of rotatable bonds is 3. The Labute approximate surface area is 135 Å². The third-order valence-corrected chi connectivity index (χ3v) is 5.73. The predicted molar refractivity (Wildman–Crippen MR) is 84.0 cm³/mol. The van der Waals surface area contributed by atoms with E-state index in [2.05, 4.69) is 0 Å². The summed E-state index contributed by atoms with van der Waals surface area (Å²) < 4.78 is 24.7. The molecule has 2 atom stereocenters. The molecule has 1 aromatic carbocycles. The van der Waals surface area contributed by atoms with Crippen molar-refractivity contribution in [3.8, 4) is 0 Å². The minimum absolute atomic E-state index is 0.0292. The number of nitrogens with zero attached hydrogens (tertiary/aromatic N) is 3. The van der Waals surface area contributed by atoms with Crippen LogP contribution in [0, 0.1) is 0 Å². The van der Waals surface area contributed by atoms with Crippen molar-refractivity contribution < 1.29 is 18.0 Å². The fourth-order valence-corrected chi connectivity index (χ4v) is 3.96. The molecule has 2 fully saturated rings. The van der Waals surface area contributed by atoms with E-state index in [1.165, 1.54) is 14.1 Å². The van der Waals surface area contributed by atoms with E-state index < -0.39 is 16.1 Å². The predicted octanol–water partition coefficient (Wildman–Crippen LogP) is 0.656. The van der Waals surface area contributed by atoms with E-state index >= 15 is 0 Å². The van der Waals surface area contributed by atoms with Crippen LogP contribution >= 0.6 is 0 Å². The van der Waals surface area contributed by atoms with Crippen LogP contribution in [-0.4, -0.2) is 66.4 Å². The van der Waals surface area contributed by atoms with Crippen molar-refractivity contribution in [3.05, 3.63) is 35.9 Å². The molecule has 23 heavy (non-hydrogen) atoms. The summed E-state index contributed by atoms with van der Waals surface area (Å²) in [5, 5.41) is 0. The van der Waals surface area contributed by atoms with E-state index in [0.29, 0.717) is 0 Å². The van der Waals surface area contributed by atoms with Gasteiger partial charge < -0.3 is 4.90 Å². The van der Waals surface area contributed by atoms with Crippen LogP contribution in [0.1, 0.15) is 18.5 Å². The van der Waals surface area contributed by atoms with Gasteiger partial charge in [-0.3, -0.25) is 9.69 Å². The van der Waals surface area contributed by atoms with Gasteiger partial charge in [0.15, 0.2) is 0 Å². The molecule has 0 saturated carbocycles. The lowest BCUT2D eigenvalue weighted by atomic mass is 10.1. The maximum atomic E-state index is 12.7. The van der Waals surface area contributed by atoms with E-state index in [4.69, 9.17) is 0 Å². The number of urea groups is 1. The molecular weight excluding hydrogens is 318 g/mol. The molecule has 0 N–H and O–H groups in total. The summed E-state index contributed by atoms with van der Waals surface area (Å²) in [6.45, 7) is 2.29. The zero-order valence-corrected chi connectivity index (χ0v) is 13.9. The maximum Gasteiger partial charge on any atom is 0.328 e. The molecule has 3 amide bonds. The SMILES string of the molecule is C[C@H](c1ccccc1)N1C(=O)[C@H]2CN(S(C)(=O)=O)CCN2C1=O. The Balaban J connectivity index is 1.86. The summed E-state index contributed by atoms with van der Waals surface area (Å²) in [6.07, 6.45) is 1.12. The van der Waals surface area contributed by atoms with Gasteiger partial charge in [-0.05, 0) is 12.5 Å². The van der Waals surface area contributed by atoms with E-state index in [-0.39, 0.29) is 37.6 Å². The average molecular weight is 337 g/mol. The summed E-state index contributed by atoms with van der Waals surface area (Å²) in [6, 6.07) is 7.87. The first-order chi connectivity index (χ1) is 10.8. The first kappa shape index (κ1) is 15.9. The number of hydrogen-bond acceptors (Lipinski definition) is 4. The van der Waals surface area contributed by atoms with Gasteiger partial charge in [-0.1, -0.05) is 30.3 Å². The van der Waals surface area contributed by atoms with E-state index in [9.17, 15) is 18.0 Å². The van der Waals surface area contributed by atoms with Crippen LogP contribution in [0.2, 0.25) is 0 Å². The Morgan fingerprint density at radius 3 is 2.39 bits per heavy atom. The molecule has 0 bridgehead atoms. The maximum absolute atomic E-state index is 12.7. The fraction of sp³-hybridized carbons (Fsp3) is 0.467. The summed E-state index contributed by atoms with van der Waals surface area (Å²) >= 11 is 0. The van der Waals surface area contributed by atoms with Crippen molar-refractivity contribution in [2.75, 3.05) is 25.9 Å². The Morgan fingerprint density at radius 2 is 1.78 bits per heavy atom. The van der Waals surface area contributed by atoms with Gasteiger partial charge in [0.2, 0.25) is 10.0 Å². The second kappa shape index (κ2) is 5.61. The highest BCUT2D eigenvalue weighted by Gasteiger charge is 2.50. The largest absolute Gasteiger partial charge is 0.328 e. The van der Waals surface area contributed by atoms with Gasteiger partial charge in [-0.25, -0.2) is 13.2 Å². The van der Waals surface area contributed by atoms with E-state index in [1.54, 1.807) is 6.92 Å². The first-order valence-corrected chi connectivity index (χ1v) is 9.29. The van der Waals surface area contributed by atoms with Crippen LogP contribution in [0.25, 0.3) is 0 Å². The number of piperazine rings is 1. The molecule has 0 unspecified atom stereocenters. The van der Waals surface area contributed by atoms with Crippen LogP contribution in [0.3, 0.4) is 0 Å². The van der Waals surface area contributed by atoms with Crippen LogP contribution in [-0.2, 0) is 14.8 Å². The van der Waals surface area contributed by atoms with Crippen molar-refractivity contribution in [1.29, 1.82) is 0 Å². The molecule has 8 heteroatoms. The van der Waals surface area contributed by atoms with Gasteiger partial charge in [-0.15, -0.1) is 0 Å². The van der Waals surface area contributed by atoms with Gasteiger partial charge in [0.05, 0.1) is 12.3 Å². The molecule has 2 aliphatic rings. The normalized spacial score (nSPS) is 24.0. The quantitative estimate of drug-likeness (QED) is 0.759. The molecule has 0 radical (unpaired) electrons. The molecule has 2 aliphatic heterocycles. The molecule has 7 nitrogen and oxygen atoms in total. The first-order valence-electron chi connectivity index (χ1n) is 7.44. The lowest BCUT2D eigenvalue weighted by Gasteiger charge is -2.33. The van der Waals surface area contributed by atoms with Crippen LogP contribution in [0.5, 0.6) is 0 Å². The molecule has 1 aromatic rings. The third kappa shape index (κ3) is 2.72. The topological polar surface area (TPSA) is 78.0 Å². The van der Waals surface area contributed by atoms with Gasteiger partial charge in [0, 0.05) is 19.6 Å². The number of hydrogen-bond donors (Lipinski definition) is 0. The Hall–Kier alpha value is -1.93. The highest BCUT2D eigenvalue weighted by molar-refractivity contribution is 7.88. The van der Waals surface area contributed by atoms with Crippen molar-refractivity contribution >= 4 is 22.0 Å². The van der Waals surface area contributed by atoms with Crippen LogP contribution in [0.4, 0.5) is 4.79 Å². The van der Waals surface area contributed by atoms with Crippen LogP contribution in [0.15, 0.2) is 30.3 Å². The van der Waals surface area contributed by atoms with Crippen molar-refractivity contribution in [1.82, 2.24) is 14.1 Å². The average Bonchev–Trinajstić information content (AvgIpc) is 2.78. The lowest BCUT2D eigenvalue weighted by molar-refractivity contribution is -0.130. The lowest BCUT2D eigenvalue weighted by Crippen LogP contribution is -2.54. The second-order valence-electron chi connectivity index (χ2n) is 5.91. The number of benzene rings is 1. The van der Waals surface area contributed by atoms with E-state index in [0.717, 1.165) is 11.8 Å². The minimum Gasteiger partial charge on any atom is -0.310 e. The number of carbonyl (C=O) groups is 2. The van der Waals surface area contributed by atoms with Gasteiger partial charge in [-0.2, -0.15) is 4.31 Å². The Bertz CT molecular complexity index is 734. The van der Waals surface area contributed by atoms with Crippen molar-refractivity contribution in [2.24, 2.45) is 0 Å². The molecule has 2 heterocycles. The number of fused-ring (bicyclic) bond motifs is 1. The summed E-state index contributed by atoms with van der Waals surface area (Å²) in [5.74, 6) is -0.334. The highest BCUT2D eigenvalue weighted by Crippen LogP contribution is 2.30.